The summed E-state index contributed by atoms with van der Waals surface area (Å²) in [5.41, 5.74) is 1.07. The molecule has 2 amide bonds. The number of aromatic hydroxyl groups is 1. The Hall–Kier alpha value is -2.04. The molecule has 1 saturated heterocycles. The van der Waals surface area contributed by atoms with Crippen LogP contribution in [0.25, 0.3) is 0 Å². The van der Waals surface area contributed by atoms with Gasteiger partial charge in [0.2, 0.25) is 5.91 Å². The smallest absolute Gasteiger partial charge is 0.255 e. The van der Waals surface area contributed by atoms with E-state index in [0.717, 1.165) is 37.9 Å². The number of phenols is 1. The monoisotopic (exact) mass is 290 g/mol. The summed E-state index contributed by atoms with van der Waals surface area (Å²) < 4.78 is 0. The van der Waals surface area contributed by atoms with Gasteiger partial charge in [0.05, 0.1) is 5.56 Å². The van der Waals surface area contributed by atoms with Crippen molar-refractivity contribution in [2.75, 3.05) is 13.1 Å². The van der Waals surface area contributed by atoms with Gasteiger partial charge in [-0.15, -0.1) is 0 Å². The maximum Gasteiger partial charge on any atom is 0.255 e. The third kappa shape index (κ3) is 3.74. The number of aryl methyl sites for hydroxylation is 1. The molecular formula is C16H22N2O3. The third-order valence-corrected chi connectivity index (χ3v) is 3.78. The largest absolute Gasteiger partial charge is 0.507 e. The minimum atomic E-state index is -0.587. The quantitative estimate of drug-likeness (QED) is 0.892. The van der Waals surface area contributed by atoms with Crippen LogP contribution < -0.4 is 5.32 Å². The van der Waals surface area contributed by atoms with Gasteiger partial charge in [-0.3, -0.25) is 9.59 Å². The van der Waals surface area contributed by atoms with Crippen molar-refractivity contribution in [1.29, 1.82) is 0 Å². The normalized spacial score (nSPS) is 16.4. The molecule has 1 fully saturated rings. The minimum Gasteiger partial charge on any atom is -0.507 e. The number of hydrogen-bond donors (Lipinski definition) is 2. The molecule has 0 saturated carbocycles. The van der Waals surface area contributed by atoms with E-state index in [2.05, 4.69) is 5.32 Å². The van der Waals surface area contributed by atoms with Crippen molar-refractivity contribution < 1.29 is 14.7 Å². The average Bonchev–Trinajstić information content (AvgIpc) is 2.47. The number of carbonyl (C=O) groups excluding carboxylic acids is 2. The molecule has 1 heterocycles. The van der Waals surface area contributed by atoms with Gasteiger partial charge in [0.25, 0.3) is 5.91 Å². The average molecular weight is 290 g/mol. The SMILES string of the molecule is Cc1ccc(C(=O)NC(C)C(=O)N2CCCCC2)c(O)c1. The van der Waals surface area contributed by atoms with E-state index in [0.29, 0.717) is 0 Å². The molecule has 0 aliphatic carbocycles. The zero-order valence-corrected chi connectivity index (χ0v) is 12.6. The van der Waals surface area contributed by atoms with E-state index in [-0.39, 0.29) is 17.2 Å². The van der Waals surface area contributed by atoms with Crippen LogP contribution in [0.3, 0.4) is 0 Å². The lowest BCUT2D eigenvalue weighted by Crippen LogP contribution is -2.48. The summed E-state index contributed by atoms with van der Waals surface area (Å²) in [6.07, 6.45) is 3.19. The highest BCUT2D eigenvalue weighted by molar-refractivity contribution is 5.99. The van der Waals surface area contributed by atoms with Crippen LogP contribution in [0.5, 0.6) is 5.75 Å². The summed E-state index contributed by atoms with van der Waals surface area (Å²) in [5, 5.41) is 12.5. The molecule has 21 heavy (non-hydrogen) atoms. The van der Waals surface area contributed by atoms with E-state index in [4.69, 9.17) is 0 Å². The number of rotatable bonds is 3. The maximum absolute atomic E-state index is 12.3. The second-order valence-electron chi connectivity index (χ2n) is 5.60. The first-order valence-corrected chi connectivity index (χ1v) is 7.38. The van der Waals surface area contributed by atoms with Crippen LogP contribution in [0.1, 0.15) is 42.1 Å². The molecule has 0 spiro atoms. The van der Waals surface area contributed by atoms with E-state index in [1.165, 1.54) is 6.07 Å². The van der Waals surface area contributed by atoms with Gasteiger partial charge < -0.3 is 15.3 Å². The molecule has 0 aromatic heterocycles. The number of nitrogens with one attached hydrogen (secondary N) is 1. The van der Waals surface area contributed by atoms with Gasteiger partial charge >= 0.3 is 0 Å². The Morgan fingerprint density at radius 1 is 1.24 bits per heavy atom. The van der Waals surface area contributed by atoms with E-state index in [1.54, 1.807) is 24.0 Å². The molecule has 1 aliphatic rings. The van der Waals surface area contributed by atoms with Gasteiger partial charge in [-0.2, -0.15) is 0 Å². The second-order valence-corrected chi connectivity index (χ2v) is 5.60. The van der Waals surface area contributed by atoms with E-state index in [9.17, 15) is 14.7 Å². The van der Waals surface area contributed by atoms with Crippen molar-refractivity contribution in [1.82, 2.24) is 10.2 Å². The number of benzene rings is 1. The van der Waals surface area contributed by atoms with Crippen molar-refractivity contribution in [3.05, 3.63) is 29.3 Å². The van der Waals surface area contributed by atoms with Gasteiger partial charge in [-0.05, 0) is 50.8 Å². The first-order valence-electron chi connectivity index (χ1n) is 7.38. The van der Waals surface area contributed by atoms with Gasteiger partial charge in [0, 0.05) is 13.1 Å². The summed E-state index contributed by atoms with van der Waals surface area (Å²) >= 11 is 0. The molecule has 0 radical (unpaired) electrons. The number of nitrogens with zero attached hydrogens (tertiary/aromatic N) is 1. The number of likely N-dealkylation sites (tertiary alicyclic amines) is 1. The molecule has 5 nitrogen and oxygen atoms in total. The first kappa shape index (κ1) is 15.4. The Morgan fingerprint density at radius 2 is 1.90 bits per heavy atom. The fraction of sp³-hybridized carbons (Fsp3) is 0.500. The Balaban J connectivity index is 1.99. The van der Waals surface area contributed by atoms with Gasteiger partial charge in [-0.1, -0.05) is 6.07 Å². The topological polar surface area (TPSA) is 69.6 Å². The van der Waals surface area contributed by atoms with Crippen molar-refractivity contribution in [3.8, 4) is 5.75 Å². The van der Waals surface area contributed by atoms with Crippen LogP contribution in [0.2, 0.25) is 0 Å². The third-order valence-electron chi connectivity index (χ3n) is 3.78. The van der Waals surface area contributed by atoms with Crippen LogP contribution in [0.15, 0.2) is 18.2 Å². The fourth-order valence-corrected chi connectivity index (χ4v) is 2.56. The molecule has 1 unspecified atom stereocenters. The fourth-order valence-electron chi connectivity index (χ4n) is 2.56. The summed E-state index contributed by atoms with van der Waals surface area (Å²) in [4.78, 5) is 26.2. The molecule has 1 aromatic rings. The second kappa shape index (κ2) is 6.61. The number of phenolic OH excluding ortho intramolecular Hbond substituents is 1. The lowest BCUT2D eigenvalue weighted by molar-refractivity contribution is -0.133. The highest BCUT2D eigenvalue weighted by Crippen LogP contribution is 2.18. The van der Waals surface area contributed by atoms with Crippen molar-refractivity contribution >= 4 is 11.8 Å². The van der Waals surface area contributed by atoms with Crippen molar-refractivity contribution in [2.45, 2.75) is 39.2 Å². The van der Waals surface area contributed by atoms with E-state index in [1.807, 2.05) is 6.92 Å². The number of piperidine rings is 1. The number of hydrogen-bond acceptors (Lipinski definition) is 3. The molecule has 1 aliphatic heterocycles. The van der Waals surface area contributed by atoms with Crippen LogP contribution >= 0.6 is 0 Å². The molecular weight excluding hydrogens is 268 g/mol. The zero-order chi connectivity index (χ0) is 15.4. The zero-order valence-electron chi connectivity index (χ0n) is 12.6. The van der Waals surface area contributed by atoms with Crippen LogP contribution in [0.4, 0.5) is 0 Å². The summed E-state index contributed by atoms with van der Waals surface area (Å²) in [5.74, 6) is -0.551. The van der Waals surface area contributed by atoms with E-state index >= 15 is 0 Å². The Bertz CT molecular complexity index is 536. The van der Waals surface area contributed by atoms with Crippen molar-refractivity contribution in [2.24, 2.45) is 0 Å². The molecule has 114 valence electrons. The Kier molecular flexibility index (Phi) is 4.83. The highest BCUT2D eigenvalue weighted by Gasteiger charge is 2.24. The Morgan fingerprint density at radius 3 is 2.52 bits per heavy atom. The number of amides is 2. The lowest BCUT2D eigenvalue weighted by atomic mass is 10.1. The first-order chi connectivity index (χ1) is 9.99. The van der Waals surface area contributed by atoms with Crippen LogP contribution in [-0.4, -0.2) is 41.0 Å². The molecule has 2 rings (SSSR count). The van der Waals surface area contributed by atoms with Crippen LogP contribution in [0, 0.1) is 6.92 Å². The maximum atomic E-state index is 12.3. The number of carbonyl (C=O) groups is 2. The minimum absolute atomic E-state index is 0.0605. The summed E-state index contributed by atoms with van der Waals surface area (Å²) in [7, 11) is 0. The summed E-state index contributed by atoms with van der Waals surface area (Å²) in [6.45, 7) is 5.04. The molecule has 2 N–H and O–H groups in total. The predicted octanol–water partition coefficient (Wildman–Crippen LogP) is 1.83. The summed E-state index contributed by atoms with van der Waals surface area (Å²) in [6, 6.07) is 4.27. The molecule has 1 atom stereocenters. The standard InChI is InChI=1S/C16H22N2O3/c1-11-6-7-13(14(19)10-11)15(20)17-12(2)16(21)18-8-4-3-5-9-18/h6-7,10,12,19H,3-5,8-9H2,1-2H3,(H,17,20). The van der Waals surface area contributed by atoms with Crippen molar-refractivity contribution in [3.63, 3.8) is 0 Å². The Labute approximate surface area is 125 Å². The van der Waals surface area contributed by atoms with Crippen LogP contribution in [-0.2, 0) is 4.79 Å². The highest BCUT2D eigenvalue weighted by atomic mass is 16.3. The van der Waals surface area contributed by atoms with Gasteiger partial charge in [0.15, 0.2) is 0 Å². The van der Waals surface area contributed by atoms with Gasteiger partial charge in [0.1, 0.15) is 11.8 Å². The molecule has 1 aromatic carbocycles. The lowest BCUT2D eigenvalue weighted by Gasteiger charge is -2.29. The molecule has 5 heteroatoms. The molecule has 0 bridgehead atoms. The van der Waals surface area contributed by atoms with Gasteiger partial charge in [-0.25, -0.2) is 0 Å². The van der Waals surface area contributed by atoms with E-state index < -0.39 is 11.9 Å². The predicted molar refractivity (Wildman–Crippen MR) is 80.2 cm³/mol.